The Bertz CT molecular complexity index is 958. The average molecular weight is 441 g/mol. The van der Waals surface area contributed by atoms with Crippen molar-refractivity contribution in [1.29, 1.82) is 0 Å². The van der Waals surface area contributed by atoms with Gasteiger partial charge in [0.1, 0.15) is 11.3 Å². The van der Waals surface area contributed by atoms with E-state index in [0.29, 0.717) is 29.4 Å². The van der Waals surface area contributed by atoms with E-state index < -0.39 is 0 Å². The topological polar surface area (TPSA) is 52.8 Å². The molecule has 0 N–H and O–H groups in total. The van der Waals surface area contributed by atoms with Crippen molar-refractivity contribution in [1.82, 2.24) is 4.57 Å². The highest BCUT2D eigenvalue weighted by Gasteiger charge is 2.13. The lowest BCUT2D eigenvalue weighted by molar-refractivity contribution is 0.100. The third-order valence-corrected chi connectivity index (χ3v) is 6.18. The summed E-state index contributed by atoms with van der Waals surface area (Å²) in [7, 11) is 1.64. The van der Waals surface area contributed by atoms with Crippen molar-refractivity contribution in [2.75, 3.05) is 20.3 Å². The number of benzene rings is 1. The summed E-state index contributed by atoms with van der Waals surface area (Å²) in [6.07, 6.45) is 0. The molecule has 0 atom stereocenters. The van der Waals surface area contributed by atoms with Gasteiger partial charge in [-0.25, -0.2) is 0 Å². The molecule has 0 aliphatic heterocycles. The number of methoxy groups -OCH3 is 1. The number of hydrogen-bond donors (Lipinski definition) is 0. The van der Waals surface area contributed by atoms with Crippen molar-refractivity contribution in [2.45, 2.75) is 13.5 Å². The van der Waals surface area contributed by atoms with Gasteiger partial charge in [-0.3, -0.25) is 4.79 Å². The van der Waals surface area contributed by atoms with E-state index in [1.807, 2.05) is 35.8 Å². The molecule has 0 spiro atoms. The van der Waals surface area contributed by atoms with Crippen LogP contribution < -0.4 is 9.54 Å². The molecular formula is C17H17BrN2O3S2. The van der Waals surface area contributed by atoms with Crippen LogP contribution in [0.1, 0.15) is 16.6 Å². The summed E-state index contributed by atoms with van der Waals surface area (Å²) >= 11 is 6.23. The molecule has 8 heteroatoms. The van der Waals surface area contributed by atoms with Crippen molar-refractivity contribution >= 4 is 54.7 Å². The normalized spacial score (nSPS) is 12.0. The van der Waals surface area contributed by atoms with Crippen LogP contribution in [0.5, 0.6) is 5.75 Å². The maximum Gasteiger partial charge on any atom is 0.289 e. The third-order valence-electron chi connectivity index (χ3n) is 3.53. The Balaban J connectivity index is 2.11. The van der Waals surface area contributed by atoms with E-state index in [2.05, 4.69) is 20.9 Å². The predicted molar refractivity (Wildman–Crippen MR) is 105 cm³/mol. The van der Waals surface area contributed by atoms with E-state index in [1.165, 1.54) is 22.7 Å². The Morgan fingerprint density at radius 1 is 1.28 bits per heavy atom. The summed E-state index contributed by atoms with van der Waals surface area (Å²) in [5.74, 6) is 0.518. The van der Waals surface area contributed by atoms with Gasteiger partial charge in [-0.2, -0.15) is 4.99 Å². The van der Waals surface area contributed by atoms with E-state index in [-0.39, 0.29) is 5.91 Å². The van der Waals surface area contributed by atoms with Gasteiger partial charge in [-0.15, -0.1) is 11.3 Å². The minimum atomic E-state index is -0.244. The zero-order valence-corrected chi connectivity index (χ0v) is 17.0. The molecule has 0 radical (unpaired) electrons. The first kappa shape index (κ1) is 18.3. The first-order chi connectivity index (χ1) is 12.1. The lowest BCUT2D eigenvalue weighted by Crippen LogP contribution is -2.19. The maximum atomic E-state index is 12.5. The zero-order chi connectivity index (χ0) is 17.8. The fourth-order valence-corrected chi connectivity index (χ4v) is 4.77. The molecule has 0 saturated heterocycles. The van der Waals surface area contributed by atoms with E-state index in [1.54, 1.807) is 13.2 Å². The molecule has 0 unspecified atom stereocenters. The van der Waals surface area contributed by atoms with Gasteiger partial charge >= 0.3 is 0 Å². The quantitative estimate of drug-likeness (QED) is 0.536. The lowest BCUT2D eigenvalue weighted by atomic mass is 10.3. The molecule has 1 aromatic carbocycles. The number of para-hydroxylation sites is 1. The standard InChI is InChI=1S/C17H17BrN2O3S2/c1-3-23-10-9-20-15-11(22-2)5-4-6-12(15)25-17(20)19-16(21)13-7-8-14(18)24-13/h4-8H,3,9-10H2,1-2H3. The molecule has 3 aromatic rings. The van der Waals surface area contributed by atoms with E-state index in [0.717, 1.165) is 19.8 Å². The number of nitrogens with zero attached hydrogens (tertiary/aromatic N) is 2. The second-order valence-corrected chi connectivity index (χ2v) is 8.53. The number of thiophene rings is 1. The monoisotopic (exact) mass is 440 g/mol. The number of hydrogen-bond acceptors (Lipinski definition) is 5. The summed E-state index contributed by atoms with van der Waals surface area (Å²) in [6.45, 7) is 3.76. The molecule has 2 heterocycles. The first-order valence-electron chi connectivity index (χ1n) is 7.72. The number of rotatable bonds is 6. The van der Waals surface area contributed by atoms with Gasteiger partial charge in [0.2, 0.25) is 0 Å². The van der Waals surface area contributed by atoms with Crippen LogP contribution in [0.4, 0.5) is 0 Å². The molecule has 0 aliphatic carbocycles. The summed E-state index contributed by atoms with van der Waals surface area (Å²) in [5, 5.41) is 0. The van der Waals surface area contributed by atoms with Crippen LogP contribution in [-0.4, -0.2) is 30.8 Å². The van der Waals surface area contributed by atoms with Crippen molar-refractivity contribution in [2.24, 2.45) is 4.99 Å². The lowest BCUT2D eigenvalue weighted by Gasteiger charge is -2.08. The van der Waals surface area contributed by atoms with Crippen LogP contribution in [0.25, 0.3) is 10.2 Å². The number of carbonyl (C=O) groups is 1. The van der Waals surface area contributed by atoms with Crippen LogP contribution in [0.2, 0.25) is 0 Å². The number of fused-ring (bicyclic) bond motifs is 1. The number of thiazole rings is 1. The minimum absolute atomic E-state index is 0.244. The molecule has 2 aromatic heterocycles. The Labute approximate surface area is 161 Å². The fourth-order valence-electron chi connectivity index (χ4n) is 2.43. The largest absolute Gasteiger partial charge is 0.495 e. The summed E-state index contributed by atoms with van der Waals surface area (Å²) in [4.78, 5) is 18.1. The molecule has 5 nitrogen and oxygen atoms in total. The predicted octanol–water partition coefficient (Wildman–Crippen LogP) is 4.31. The molecule has 3 rings (SSSR count). The molecule has 0 fully saturated rings. The fraction of sp³-hybridized carbons (Fsp3) is 0.294. The van der Waals surface area contributed by atoms with E-state index in [4.69, 9.17) is 9.47 Å². The Kier molecular flexibility index (Phi) is 6.06. The highest BCUT2D eigenvalue weighted by atomic mass is 79.9. The Hall–Kier alpha value is -1.48. The molecular weight excluding hydrogens is 424 g/mol. The van der Waals surface area contributed by atoms with Gasteiger partial charge in [-0.05, 0) is 47.1 Å². The number of carbonyl (C=O) groups excluding carboxylic acids is 1. The van der Waals surface area contributed by atoms with Crippen LogP contribution in [0.3, 0.4) is 0 Å². The van der Waals surface area contributed by atoms with E-state index in [9.17, 15) is 4.79 Å². The first-order valence-corrected chi connectivity index (χ1v) is 10.1. The van der Waals surface area contributed by atoms with Gasteiger partial charge in [0.15, 0.2) is 4.80 Å². The highest BCUT2D eigenvalue weighted by Crippen LogP contribution is 2.27. The van der Waals surface area contributed by atoms with Crippen LogP contribution >= 0.6 is 38.6 Å². The number of ether oxygens (including phenoxy) is 2. The molecule has 0 aliphatic rings. The molecule has 132 valence electrons. The Morgan fingerprint density at radius 3 is 2.80 bits per heavy atom. The second kappa shape index (κ2) is 8.27. The SMILES string of the molecule is CCOCCn1c(=NC(=O)c2ccc(Br)s2)sc2cccc(OC)c21. The summed E-state index contributed by atoms with van der Waals surface area (Å²) in [5.41, 5.74) is 0.939. The molecule has 0 saturated carbocycles. The van der Waals surface area contributed by atoms with Gasteiger partial charge in [0.25, 0.3) is 5.91 Å². The second-order valence-electron chi connectivity index (χ2n) is 5.06. The summed E-state index contributed by atoms with van der Waals surface area (Å²) < 4.78 is 14.9. The van der Waals surface area contributed by atoms with Gasteiger partial charge in [0, 0.05) is 13.2 Å². The van der Waals surface area contributed by atoms with Crippen LogP contribution in [0, 0.1) is 0 Å². The average Bonchev–Trinajstić information content (AvgIpc) is 3.19. The van der Waals surface area contributed by atoms with Crippen LogP contribution in [0.15, 0.2) is 39.1 Å². The van der Waals surface area contributed by atoms with Crippen molar-refractivity contribution in [3.8, 4) is 5.75 Å². The molecule has 25 heavy (non-hydrogen) atoms. The van der Waals surface area contributed by atoms with Crippen molar-refractivity contribution in [3.63, 3.8) is 0 Å². The highest BCUT2D eigenvalue weighted by molar-refractivity contribution is 9.11. The maximum absolute atomic E-state index is 12.5. The van der Waals surface area contributed by atoms with Gasteiger partial charge < -0.3 is 14.0 Å². The Morgan fingerprint density at radius 2 is 2.12 bits per heavy atom. The smallest absolute Gasteiger partial charge is 0.289 e. The summed E-state index contributed by atoms with van der Waals surface area (Å²) in [6, 6.07) is 9.48. The van der Waals surface area contributed by atoms with Crippen molar-refractivity contribution in [3.05, 3.63) is 43.8 Å². The molecule has 0 bridgehead atoms. The number of amides is 1. The van der Waals surface area contributed by atoms with E-state index >= 15 is 0 Å². The van der Waals surface area contributed by atoms with Crippen molar-refractivity contribution < 1.29 is 14.3 Å². The minimum Gasteiger partial charge on any atom is -0.495 e. The molecule has 1 amide bonds. The van der Waals surface area contributed by atoms with Crippen LogP contribution in [-0.2, 0) is 11.3 Å². The third kappa shape index (κ3) is 4.03. The number of halogens is 1. The van der Waals surface area contributed by atoms with Gasteiger partial charge in [0.05, 0.1) is 27.1 Å². The zero-order valence-electron chi connectivity index (χ0n) is 13.8. The van der Waals surface area contributed by atoms with Gasteiger partial charge in [-0.1, -0.05) is 17.4 Å². The number of aromatic nitrogens is 1.